The Hall–Kier alpha value is -0.660. The van der Waals surface area contributed by atoms with Gasteiger partial charge in [0, 0.05) is 25.5 Å². The molecule has 0 aromatic heterocycles. The van der Waals surface area contributed by atoms with Crippen LogP contribution in [0.2, 0.25) is 0 Å². The van der Waals surface area contributed by atoms with Crippen molar-refractivity contribution in [3.8, 4) is 0 Å². The molecule has 0 bridgehead atoms. The molecular formula is C33H66N2. The third kappa shape index (κ3) is 22.3. The lowest BCUT2D eigenvalue weighted by Crippen LogP contribution is -2.26. The SMILES string of the molecule is CCCCCCCCCCCCCCCCN1C=CN(CCCCCCCCCCCCCC)C1. The zero-order valence-corrected chi connectivity index (χ0v) is 24.6. The zero-order valence-electron chi connectivity index (χ0n) is 24.6. The van der Waals surface area contributed by atoms with Crippen molar-refractivity contribution in [1.29, 1.82) is 0 Å². The van der Waals surface area contributed by atoms with Gasteiger partial charge in [0.25, 0.3) is 0 Å². The largest absolute Gasteiger partial charge is 0.359 e. The minimum atomic E-state index is 1.14. The van der Waals surface area contributed by atoms with E-state index in [-0.39, 0.29) is 0 Å². The van der Waals surface area contributed by atoms with Crippen molar-refractivity contribution in [3.05, 3.63) is 12.4 Å². The highest BCUT2D eigenvalue weighted by Gasteiger charge is 2.10. The van der Waals surface area contributed by atoms with E-state index < -0.39 is 0 Å². The summed E-state index contributed by atoms with van der Waals surface area (Å²) in [6.07, 6.45) is 42.2. The Morgan fingerprint density at radius 2 is 0.571 bits per heavy atom. The molecule has 0 amide bonds. The molecule has 0 aliphatic carbocycles. The van der Waals surface area contributed by atoms with E-state index in [9.17, 15) is 0 Å². The number of unbranched alkanes of at least 4 members (excludes halogenated alkanes) is 24. The molecule has 0 saturated carbocycles. The first kappa shape index (κ1) is 32.4. The highest BCUT2D eigenvalue weighted by molar-refractivity contribution is 4.90. The summed E-state index contributed by atoms with van der Waals surface area (Å²) in [6.45, 7) is 8.25. The zero-order chi connectivity index (χ0) is 25.1. The minimum Gasteiger partial charge on any atom is -0.359 e. The molecule has 0 atom stereocenters. The summed E-state index contributed by atoms with van der Waals surface area (Å²) in [5, 5.41) is 0. The molecule has 0 fully saturated rings. The second-order valence-corrected chi connectivity index (χ2v) is 11.5. The number of hydrogen-bond acceptors (Lipinski definition) is 2. The van der Waals surface area contributed by atoms with Gasteiger partial charge in [-0.15, -0.1) is 0 Å². The number of rotatable bonds is 28. The van der Waals surface area contributed by atoms with Gasteiger partial charge in [0.15, 0.2) is 0 Å². The summed E-state index contributed by atoms with van der Waals surface area (Å²) < 4.78 is 0. The topological polar surface area (TPSA) is 6.48 Å². The van der Waals surface area contributed by atoms with Gasteiger partial charge in [-0.2, -0.15) is 0 Å². The summed E-state index contributed by atoms with van der Waals surface area (Å²) >= 11 is 0. The summed E-state index contributed by atoms with van der Waals surface area (Å²) in [7, 11) is 0. The predicted octanol–water partition coefficient (Wildman–Crippen LogP) is 11.2. The first-order chi connectivity index (χ1) is 17.4. The van der Waals surface area contributed by atoms with E-state index >= 15 is 0 Å². The van der Waals surface area contributed by atoms with Gasteiger partial charge in [0.05, 0.1) is 6.67 Å². The third-order valence-corrected chi connectivity index (χ3v) is 7.95. The highest BCUT2D eigenvalue weighted by Crippen LogP contribution is 2.15. The summed E-state index contributed by atoms with van der Waals surface area (Å²) in [6, 6.07) is 0. The maximum Gasteiger partial charge on any atom is 0.0893 e. The predicted molar refractivity (Wildman–Crippen MR) is 159 cm³/mol. The van der Waals surface area contributed by atoms with Gasteiger partial charge in [-0.25, -0.2) is 0 Å². The molecule has 35 heavy (non-hydrogen) atoms. The van der Waals surface area contributed by atoms with Crippen LogP contribution >= 0.6 is 0 Å². The molecule has 0 unspecified atom stereocenters. The fourth-order valence-corrected chi connectivity index (χ4v) is 5.47. The average molecular weight is 491 g/mol. The van der Waals surface area contributed by atoms with Crippen molar-refractivity contribution in [1.82, 2.24) is 9.80 Å². The van der Waals surface area contributed by atoms with Crippen LogP contribution in [0.15, 0.2) is 12.4 Å². The third-order valence-electron chi connectivity index (χ3n) is 7.95. The van der Waals surface area contributed by atoms with E-state index in [2.05, 4.69) is 36.0 Å². The monoisotopic (exact) mass is 491 g/mol. The highest BCUT2D eigenvalue weighted by atomic mass is 15.3. The summed E-state index contributed by atoms with van der Waals surface area (Å²) in [5.41, 5.74) is 0. The van der Waals surface area contributed by atoms with Gasteiger partial charge in [0.1, 0.15) is 0 Å². The summed E-state index contributed by atoms with van der Waals surface area (Å²) in [5.74, 6) is 0. The number of nitrogens with zero attached hydrogens (tertiary/aromatic N) is 2. The first-order valence-corrected chi connectivity index (χ1v) is 16.5. The van der Waals surface area contributed by atoms with Crippen molar-refractivity contribution < 1.29 is 0 Å². The van der Waals surface area contributed by atoms with Gasteiger partial charge in [0.2, 0.25) is 0 Å². The Labute approximate surface area is 222 Å². The van der Waals surface area contributed by atoms with Crippen LogP contribution < -0.4 is 0 Å². The van der Waals surface area contributed by atoms with Crippen LogP contribution in [0, 0.1) is 0 Å². The van der Waals surface area contributed by atoms with Crippen LogP contribution in [-0.4, -0.2) is 29.6 Å². The van der Waals surface area contributed by atoms with Gasteiger partial charge < -0.3 is 9.80 Å². The van der Waals surface area contributed by atoms with Gasteiger partial charge in [-0.1, -0.05) is 168 Å². The molecule has 2 nitrogen and oxygen atoms in total. The summed E-state index contributed by atoms with van der Waals surface area (Å²) in [4.78, 5) is 5.06. The maximum absolute atomic E-state index is 2.53. The number of hydrogen-bond donors (Lipinski definition) is 0. The molecular weight excluding hydrogens is 424 g/mol. The normalized spacial score (nSPS) is 13.4. The van der Waals surface area contributed by atoms with E-state index in [0.717, 1.165) is 6.67 Å². The second-order valence-electron chi connectivity index (χ2n) is 11.5. The quantitative estimate of drug-likeness (QED) is 0.101. The molecule has 2 heteroatoms. The van der Waals surface area contributed by atoms with Gasteiger partial charge in [-0.05, 0) is 12.8 Å². The smallest absolute Gasteiger partial charge is 0.0893 e. The Kier molecular flexibility index (Phi) is 24.4. The Bertz CT molecular complexity index is 433. The van der Waals surface area contributed by atoms with Gasteiger partial charge in [-0.3, -0.25) is 0 Å². The van der Waals surface area contributed by atoms with Crippen LogP contribution in [0.25, 0.3) is 0 Å². The first-order valence-electron chi connectivity index (χ1n) is 16.5. The molecule has 1 heterocycles. The molecule has 1 aliphatic rings. The molecule has 208 valence electrons. The van der Waals surface area contributed by atoms with E-state index in [4.69, 9.17) is 0 Å². The minimum absolute atomic E-state index is 1.14. The van der Waals surface area contributed by atoms with Gasteiger partial charge >= 0.3 is 0 Å². The fourth-order valence-electron chi connectivity index (χ4n) is 5.47. The van der Waals surface area contributed by atoms with Crippen LogP contribution in [0.4, 0.5) is 0 Å². The average Bonchev–Trinajstić information content (AvgIpc) is 3.32. The van der Waals surface area contributed by atoms with Crippen LogP contribution in [0.3, 0.4) is 0 Å². The van der Waals surface area contributed by atoms with Crippen molar-refractivity contribution in [3.63, 3.8) is 0 Å². The molecule has 1 aliphatic heterocycles. The molecule has 0 radical (unpaired) electrons. The van der Waals surface area contributed by atoms with Crippen LogP contribution in [0.5, 0.6) is 0 Å². The van der Waals surface area contributed by atoms with Crippen molar-refractivity contribution >= 4 is 0 Å². The molecule has 0 saturated heterocycles. The lowest BCUT2D eigenvalue weighted by atomic mass is 10.0. The van der Waals surface area contributed by atoms with Crippen molar-refractivity contribution in [2.24, 2.45) is 0 Å². The van der Waals surface area contributed by atoms with Crippen molar-refractivity contribution in [2.75, 3.05) is 19.8 Å². The van der Waals surface area contributed by atoms with E-state index in [1.165, 1.54) is 180 Å². The maximum atomic E-state index is 2.53. The van der Waals surface area contributed by atoms with E-state index in [0.29, 0.717) is 0 Å². The Morgan fingerprint density at radius 1 is 0.343 bits per heavy atom. The lowest BCUT2D eigenvalue weighted by Gasteiger charge is -2.21. The van der Waals surface area contributed by atoms with Crippen LogP contribution in [-0.2, 0) is 0 Å². The molecule has 0 aromatic rings. The standard InChI is InChI=1S/C33H66N2/c1-3-5-7-9-11-13-15-17-18-20-22-24-26-28-30-35-32-31-34(33-35)29-27-25-23-21-19-16-14-12-10-8-6-4-2/h31-32H,3-30,33H2,1-2H3. The molecule has 0 spiro atoms. The lowest BCUT2D eigenvalue weighted by molar-refractivity contribution is 0.257. The molecule has 1 rings (SSSR count). The Morgan fingerprint density at radius 3 is 0.829 bits per heavy atom. The van der Waals surface area contributed by atoms with E-state index in [1.807, 2.05) is 0 Å². The van der Waals surface area contributed by atoms with E-state index in [1.54, 1.807) is 0 Å². The molecule has 0 aromatic carbocycles. The molecule has 0 N–H and O–H groups in total. The fraction of sp³-hybridized carbons (Fsp3) is 0.939. The Balaban J connectivity index is 1.76. The van der Waals surface area contributed by atoms with Crippen molar-refractivity contribution in [2.45, 2.75) is 181 Å². The second kappa shape index (κ2) is 26.4. The van der Waals surface area contributed by atoms with Crippen LogP contribution in [0.1, 0.15) is 181 Å².